The molecule has 0 atom stereocenters. The van der Waals surface area contributed by atoms with Crippen molar-refractivity contribution in [3.63, 3.8) is 0 Å². The maximum atomic E-state index is 10.9. The summed E-state index contributed by atoms with van der Waals surface area (Å²) >= 11 is 12.0. The van der Waals surface area contributed by atoms with E-state index in [1.165, 1.54) is 10.7 Å². The van der Waals surface area contributed by atoms with E-state index in [9.17, 15) is 4.79 Å². The summed E-state index contributed by atoms with van der Waals surface area (Å²) in [7, 11) is 0. The SMILES string of the molecule is NC(=O)c1ccn(-c2c(Cl)cc(N)cc2Cl)n1. The molecule has 0 spiro atoms. The molecule has 5 nitrogen and oxygen atoms in total. The second-order valence-electron chi connectivity index (χ2n) is 3.34. The summed E-state index contributed by atoms with van der Waals surface area (Å²) in [6.07, 6.45) is 1.55. The molecule has 4 N–H and O–H groups in total. The van der Waals surface area contributed by atoms with Gasteiger partial charge in [0.05, 0.1) is 10.0 Å². The number of rotatable bonds is 2. The zero-order valence-corrected chi connectivity index (χ0v) is 10.0. The van der Waals surface area contributed by atoms with Crippen LogP contribution in [0.4, 0.5) is 5.69 Å². The molecule has 0 bridgehead atoms. The second-order valence-corrected chi connectivity index (χ2v) is 4.16. The Morgan fingerprint density at radius 2 is 1.88 bits per heavy atom. The van der Waals surface area contributed by atoms with Crippen LogP contribution in [-0.2, 0) is 0 Å². The fourth-order valence-corrected chi connectivity index (χ4v) is 2.06. The van der Waals surface area contributed by atoms with Crippen LogP contribution in [-0.4, -0.2) is 15.7 Å². The van der Waals surface area contributed by atoms with Crippen LogP contribution < -0.4 is 11.5 Å². The molecular formula is C10H8Cl2N4O. The van der Waals surface area contributed by atoms with Crippen molar-refractivity contribution in [2.45, 2.75) is 0 Å². The van der Waals surface area contributed by atoms with Gasteiger partial charge >= 0.3 is 0 Å². The highest BCUT2D eigenvalue weighted by Gasteiger charge is 2.12. The topological polar surface area (TPSA) is 86.9 Å². The van der Waals surface area contributed by atoms with E-state index in [0.717, 1.165) is 0 Å². The van der Waals surface area contributed by atoms with Gasteiger partial charge in [-0.25, -0.2) is 4.68 Å². The lowest BCUT2D eigenvalue weighted by atomic mass is 10.3. The van der Waals surface area contributed by atoms with Crippen molar-refractivity contribution < 1.29 is 4.79 Å². The van der Waals surface area contributed by atoms with E-state index in [4.69, 9.17) is 34.7 Å². The number of carbonyl (C=O) groups is 1. The van der Waals surface area contributed by atoms with Crippen molar-refractivity contribution in [2.24, 2.45) is 5.73 Å². The third-order valence-electron chi connectivity index (χ3n) is 2.11. The monoisotopic (exact) mass is 270 g/mol. The van der Waals surface area contributed by atoms with E-state index >= 15 is 0 Å². The number of benzene rings is 1. The fraction of sp³-hybridized carbons (Fsp3) is 0. The molecule has 0 radical (unpaired) electrons. The predicted octanol–water partition coefficient (Wildman–Crippen LogP) is 1.86. The van der Waals surface area contributed by atoms with Crippen molar-refractivity contribution in [3.8, 4) is 5.69 Å². The van der Waals surface area contributed by atoms with E-state index < -0.39 is 5.91 Å². The standard InChI is InChI=1S/C10H8Cl2N4O/c11-6-3-5(13)4-7(12)9(6)16-2-1-8(15-16)10(14)17/h1-4H,13H2,(H2,14,17). The Hall–Kier alpha value is -1.72. The Kier molecular flexibility index (Phi) is 2.95. The first-order valence-electron chi connectivity index (χ1n) is 4.59. The lowest BCUT2D eigenvalue weighted by Crippen LogP contribution is -2.12. The number of hydrogen-bond donors (Lipinski definition) is 2. The molecule has 1 aromatic heterocycles. The number of hydrogen-bond acceptors (Lipinski definition) is 3. The average Bonchev–Trinajstić information content (AvgIpc) is 2.65. The predicted molar refractivity (Wildman–Crippen MR) is 66.5 cm³/mol. The molecule has 1 heterocycles. The third-order valence-corrected chi connectivity index (χ3v) is 2.69. The van der Waals surface area contributed by atoms with E-state index in [-0.39, 0.29) is 5.69 Å². The lowest BCUT2D eigenvalue weighted by molar-refractivity contribution is 0.0995. The second kappa shape index (κ2) is 4.27. The van der Waals surface area contributed by atoms with E-state index in [2.05, 4.69) is 5.10 Å². The lowest BCUT2D eigenvalue weighted by Gasteiger charge is -2.07. The third kappa shape index (κ3) is 2.20. The summed E-state index contributed by atoms with van der Waals surface area (Å²) in [5.74, 6) is -0.619. The van der Waals surface area contributed by atoms with Gasteiger partial charge in [-0.3, -0.25) is 4.79 Å². The molecule has 2 aromatic rings. The van der Waals surface area contributed by atoms with Gasteiger partial charge in [0, 0.05) is 11.9 Å². The molecule has 1 aromatic carbocycles. The summed E-state index contributed by atoms with van der Waals surface area (Å²) in [4.78, 5) is 10.9. The average molecular weight is 271 g/mol. The molecule has 0 fully saturated rings. The van der Waals surface area contributed by atoms with Crippen LogP contribution in [0.15, 0.2) is 24.4 Å². The van der Waals surface area contributed by atoms with Gasteiger partial charge in [0.2, 0.25) is 0 Å². The number of aromatic nitrogens is 2. The minimum Gasteiger partial charge on any atom is -0.399 e. The highest BCUT2D eigenvalue weighted by molar-refractivity contribution is 6.38. The largest absolute Gasteiger partial charge is 0.399 e. The minimum atomic E-state index is -0.619. The number of carbonyl (C=O) groups excluding carboxylic acids is 1. The minimum absolute atomic E-state index is 0.133. The Balaban J connectivity index is 2.56. The maximum absolute atomic E-state index is 10.9. The van der Waals surface area contributed by atoms with Gasteiger partial charge in [0.1, 0.15) is 11.4 Å². The summed E-state index contributed by atoms with van der Waals surface area (Å²) < 4.78 is 1.38. The normalized spacial score (nSPS) is 10.5. The van der Waals surface area contributed by atoms with E-state index in [1.54, 1.807) is 18.3 Å². The number of primary amides is 1. The molecule has 0 unspecified atom stereocenters. The van der Waals surface area contributed by atoms with Gasteiger partial charge in [-0.2, -0.15) is 5.10 Å². The first-order chi connectivity index (χ1) is 7.99. The Labute approximate surface area is 107 Å². The van der Waals surface area contributed by atoms with Crippen LogP contribution in [0.3, 0.4) is 0 Å². The quantitative estimate of drug-likeness (QED) is 0.817. The molecular weight excluding hydrogens is 263 g/mol. The Morgan fingerprint density at radius 3 is 2.35 bits per heavy atom. The van der Waals surface area contributed by atoms with Gasteiger partial charge in [-0.15, -0.1) is 0 Å². The molecule has 7 heteroatoms. The zero-order valence-electron chi connectivity index (χ0n) is 8.52. The smallest absolute Gasteiger partial charge is 0.269 e. The van der Waals surface area contributed by atoms with Gasteiger partial charge < -0.3 is 11.5 Å². The van der Waals surface area contributed by atoms with Gasteiger partial charge in [0.25, 0.3) is 5.91 Å². The molecule has 0 aliphatic carbocycles. The number of nitrogens with two attached hydrogens (primary N) is 2. The Bertz CT molecular complexity index is 571. The Morgan fingerprint density at radius 1 is 1.29 bits per heavy atom. The molecule has 0 saturated carbocycles. The van der Waals surface area contributed by atoms with Gasteiger partial charge in [0.15, 0.2) is 0 Å². The van der Waals surface area contributed by atoms with Crippen molar-refractivity contribution in [1.29, 1.82) is 0 Å². The number of nitrogens with zero attached hydrogens (tertiary/aromatic N) is 2. The summed E-state index contributed by atoms with van der Waals surface area (Å²) in [6, 6.07) is 4.58. The number of anilines is 1. The molecule has 0 aliphatic rings. The molecule has 17 heavy (non-hydrogen) atoms. The van der Waals surface area contributed by atoms with Crippen LogP contribution in [0.1, 0.15) is 10.5 Å². The highest BCUT2D eigenvalue weighted by atomic mass is 35.5. The van der Waals surface area contributed by atoms with Gasteiger partial charge in [-0.05, 0) is 18.2 Å². The molecule has 88 valence electrons. The van der Waals surface area contributed by atoms with Gasteiger partial charge in [-0.1, -0.05) is 23.2 Å². The van der Waals surface area contributed by atoms with E-state index in [0.29, 0.717) is 21.4 Å². The highest BCUT2D eigenvalue weighted by Crippen LogP contribution is 2.30. The van der Waals surface area contributed by atoms with E-state index in [1.807, 2.05) is 0 Å². The molecule has 0 aliphatic heterocycles. The molecule has 1 amide bonds. The molecule has 2 rings (SSSR count). The van der Waals surface area contributed by atoms with Crippen LogP contribution >= 0.6 is 23.2 Å². The zero-order chi connectivity index (χ0) is 12.6. The number of amides is 1. The van der Waals surface area contributed by atoms with Crippen molar-refractivity contribution in [2.75, 3.05) is 5.73 Å². The molecule has 0 saturated heterocycles. The van der Waals surface area contributed by atoms with Crippen molar-refractivity contribution in [1.82, 2.24) is 9.78 Å². The number of nitrogen functional groups attached to an aromatic ring is 1. The van der Waals surface area contributed by atoms with Crippen LogP contribution in [0.2, 0.25) is 10.0 Å². The first kappa shape index (κ1) is 11.8. The van der Waals surface area contributed by atoms with Crippen LogP contribution in [0.25, 0.3) is 5.69 Å². The van der Waals surface area contributed by atoms with Crippen LogP contribution in [0, 0.1) is 0 Å². The fourth-order valence-electron chi connectivity index (χ4n) is 1.38. The summed E-state index contributed by atoms with van der Waals surface area (Å²) in [5, 5.41) is 4.65. The summed E-state index contributed by atoms with van der Waals surface area (Å²) in [5.41, 5.74) is 11.7. The van der Waals surface area contributed by atoms with Crippen molar-refractivity contribution >= 4 is 34.8 Å². The number of halogens is 2. The maximum Gasteiger partial charge on any atom is 0.269 e. The first-order valence-corrected chi connectivity index (χ1v) is 5.35. The van der Waals surface area contributed by atoms with Crippen molar-refractivity contribution in [3.05, 3.63) is 40.1 Å². The summed E-state index contributed by atoms with van der Waals surface area (Å²) in [6.45, 7) is 0. The van der Waals surface area contributed by atoms with Crippen LogP contribution in [0.5, 0.6) is 0 Å².